The van der Waals surface area contributed by atoms with E-state index in [0.717, 1.165) is 18.4 Å². The largest absolute Gasteiger partial charge is 0.369 e. The van der Waals surface area contributed by atoms with Gasteiger partial charge in [-0.1, -0.05) is 0 Å². The first kappa shape index (κ1) is 16.9. The van der Waals surface area contributed by atoms with Gasteiger partial charge < -0.3 is 24.6 Å². The molecule has 2 unspecified atom stereocenters. The van der Waals surface area contributed by atoms with Crippen molar-refractivity contribution in [3.63, 3.8) is 0 Å². The Morgan fingerprint density at radius 3 is 3.05 bits per heavy atom. The molecule has 0 spiro atoms. The third kappa shape index (κ3) is 4.50. The Balaban J connectivity index is 1.91. The van der Waals surface area contributed by atoms with Crippen LogP contribution >= 0.6 is 20.2 Å². The fourth-order valence-corrected chi connectivity index (χ4v) is 2.77. The summed E-state index contributed by atoms with van der Waals surface area (Å²) in [6.45, 7) is 0.996. The maximum atomic E-state index is 8.79. The van der Waals surface area contributed by atoms with Gasteiger partial charge in [0.05, 0.1) is 18.9 Å². The van der Waals surface area contributed by atoms with E-state index in [1.807, 2.05) is 7.05 Å². The first-order valence-corrected chi connectivity index (χ1v) is 8.42. The molecule has 21 heavy (non-hydrogen) atoms. The summed E-state index contributed by atoms with van der Waals surface area (Å²) in [5, 5.41) is 7.37. The zero-order valence-electron chi connectivity index (χ0n) is 11.7. The molecule has 4 N–H and O–H groups in total. The average molecular weight is 339 g/mol. The highest BCUT2D eigenvalue weighted by Crippen LogP contribution is 2.32. The van der Waals surface area contributed by atoms with Crippen LogP contribution in [0.25, 0.3) is 0 Å². The van der Waals surface area contributed by atoms with Crippen molar-refractivity contribution in [2.24, 2.45) is 0 Å². The van der Waals surface area contributed by atoms with E-state index in [4.69, 9.17) is 31.0 Å². The van der Waals surface area contributed by atoms with Crippen molar-refractivity contribution in [1.29, 1.82) is 0 Å². The lowest BCUT2D eigenvalue weighted by Crippen LogP contribution is -2.18. The van der Waals surface area contributed by atoms with E-state index in [-0.39, 0.29) is 18.7 Å². The van der Waals surface area contributed by atoms with Gasteiger partial charge in [-0.3, -0.25) is 4.84 Å². The molecule has 0 amide bonds. The number of nitrogens with one attached hydrogen (secondary N) is 2. The lowest BCUT2D eigenvalue weighted by atomic mass is 10.2. The summed E-state index contributed by atoms with van der Waals surface area (Å²) in [6, 6.07) is 0. The molecule has 1 aromatic heterocycles. The maximum absolute atomic E-state index is 8.79. The van der Waals surface area contributed by atoms with E-state index >= 15 is 0 Å². The molecule has 120 valence electrons. The number of anilines is 1. The van der Waals surface area contributed by atoms with Gasteiger partial charge in [-0.25, -0.2) is 4.68 Å². The molecule has 2 rings (SSSR count). The van der Waals surface area contributed by atoms with E-state index in [2.05, 4.69) is 15.3 Å². The fraction of sp³-hybridized carbons (Fsp3) is 0.727. The Labute approximate surface area is 129 Å². The number of halogens is 1. The standard InChI is InChI=1S/C11H20ClN4O4P/c1-13-4-8-5-14-16(11(8)15-12)10-3-2-9(20-10)6-19-7-21(17)18/h5,9-10,13,15,17-18H,2-4,6-7H2,1H3. The second-order valence-electron chi connectivity index (χ2n) is 4.75. The monoisotopic (exact) mass is 338 g/mol. The van der Waals surface area contributed by atoms with E-state index < -0.39 is 8.38 Å². The Kier molecular flexibility index (Phi) is 6.63. The number of ether oxygens (including phenoxy) is 2. The van der Waals surface area contributed by atoms with Crippen LogP contribution in [0.15, 0.2) is 6.20 Å². The summed E-state index contributed by atoms with van der Waals surface area (Å²) in [7, 11) is -0.161. The van der Waals surface area contributed by atoms with Crippen molar-refractivity contribution in [1.82, 2.24) is 15.1 Å². The van der Waals surface area contributed by atoms with Crippen molar-refractivity contribution in [2.75, 3.05) is 24.8 Å². The van der Waals surface area contributed by atoms with Gasteiger partial charge in [0.1, 0.15) is 12.2 Å². The summed E-state index contributed by atoms with van der Waals surface area (Å²) in [5.41, 5.74) is 0.960. The quantitative estimate of drug-likeness (QED) is 0.416. The van der Waals surface area contributed by atoms with Crippen molar-refractivity contribution >= 4 is 26.0 Å². The maximum Gasteiger partial charge on any atom is 0.192 e. The van der Waals surface area contributed by atoms with Crippen LogP contribution in [0.1, 0.15) is 24.6 Å². The van der Waals surface area contributed by atoms with Crippen LogP contribution in [0.3, 0.4) is 0 Å². The molecule has 1 saturated heterocycles. The summed E-state index contributed by atoms with van der Waals surface area (Å²) in [6.07, 6.45) is 3.04. The van der Waals surface area contributed by atoms with Crippen LogP contribution in [0.5, 0.6) is 0 Å². The second-order valence-corrected chi connectivity index (χ2v) is 5.94. The van der Waals surface area contributed by atoms with E-state index in [9.17, 15) is 0 Å². The number of aromatic nitrogens is 2. The third-order valence-electron chi connectivity index (χ3n) is 3.20. The highest BCUT2D eigenvalue weighted by atomic mass is 35.5. The zero-order chi connectivity index (χ0) is 15.2. The molecule has 8 nitrogen and oxygen atoms in total. The van der Waals surface area contributed by atoms with Gasteiger partial charge in [0.15, 0.2) is 14.6 Å². The lowest BCUT2D eigenvalue weighted by molar-refractivity contribution is -0.0391. The lowest BCUT2D eigenvalue weighted by Gasteiger charge is -2.16. The van der Waals surface area contributed by atoms with Crippen LogP contribution in [0.2, 0.25) is 0 Å². The van der Waals surface area contributed by atoms with Gasteiger partial charge in [-0.05, 0) is 19.9 Å². The SMILES string of the molecule is CNCc1cnn(C2CCC(COCP(O)O)O2)c1NCl. The normalized spacial score (nSPS) is 22.1. The molecule has 1 aromatic rings. The molecule has 0 bridgehead atoms. The summed E-state index contributed by atoms with van der Waals surface area (Å²) < 4.78 is 12.8. The van der Waals surface area contributed by atoms with E-state index in [0.29, 0.717) is 19.0 Å². The second kappa shape index (κ2) is 8.24. The molecule has 0 radical (unpaired) electrons. The van der Waals surface area contributed by atoms with Crippen LogP contribution in [0, 0.1) is 0 Å². The highest BCUT2D eigenvalue weighted by Gasteiger charge is 2.29. The topological polar surface area (TPSA) is 101 Å². The summed E-state index contributed by atoms with van der Waals surface area (Å²) in [5.74, 6) is 0.715. The van der Waals surface area contributed by atoms with E-state index in [1.165, 1.54) is 0 Å². The van der Waals surface area contributed by atoms with Gasteiger partial charge in [0.2, 0.25) is 0 Å². The predicted molar refractivity (Wildman–Crippen MR) is 79.8 cm³/mol. The summed E-state index contributed by atoms with van der Waals surface area (Å²) in [4.78, 5) is 20.2. The predicted octanol–water partition coefficient (Wildman–Crippen LogP) is 1.12. The van der Waals surface area contributed by atoms with Gasteiger partial charge >= 0.3 is 0 Å². The van der Waals surface area contributed by atoms with Crippen molar-refractivity contribution in [3.8, 4) is 0 Å². The molecule has 0 aliphatic carbocycles. The van der Waals surface area contributed by atoms with Gasteiger partial charge in [0.25, 0.3) is 0 Å². The van der Waals surface area contributed by atoms with Crippen molar-refractivity contribution in [3.05, 3.63) is 11.8 Å². The molecule has 1 fully saturated rings. The molecular formula is C11H20ClN4O4P. The first-order chi connectivity index (χ1) is 10.2. The highest BCUT2D eigenvalue weighted by molar-refractivity contribution is 7.44. The first-order valence-electron chi connectivity index (χ1n) is 6.61. The van der Waals surface area contributed by atoms with Gasteiger partial charge in [-0.2, -0.15) is 5.10 Å². The zero-order valence-corrected chi connectivity index (χ0v) is 13.3. The van der Waals surface area contributed by atoms with Crippen LogP contribution in [-0.2, 0) is 16.0 Å². The minimum atomic E-state index is -2.01. The summed E-state index contributed by atoms with van der Waals surface area (Å²) >= 11 is 5.78. The molecule has 2 heterocycles. The average Bonchev–Trinajstić information content (AvgIpc) is 3.05. The number of hydrogen-bond acceptors (Lipinski definition) is 7. The Hall–Kier alpha value is -0.470. The van der Waals surface area contributed by atoms with Crippen molar-refractivity contribution in [2.45, 2.75) is 31.7 Å². The molecular weight excluding hydrogens is 319 g/mol. The minimum Gasteiger partial charge on any atom is -0.369 e. The van der Waals surface area contributed by atoms with Gasteiger partial charge in [-0.15, -0.1) is 0 Å². The number of rotatable bonds is 8. The van der Waals surface area contributed by atoms with Crippen LogP contribution < -0.4 is 10.2 Å². The van der Waals surface area contributed by atoms with E-state index in [1.54, 1.807) is 10.9 Å². The Morgan fingerprint density at radius 1 is 1.57 bits per heavy atom. The number of nitrogens with zero attached hydrogens (tertiary/aromatic N) is 2. The fourth-order valence-electron chi connectivity index (χ4n) is 2.30. The van der Waals surface area contributed by atoms with Crippen LogP contribution in [0.4, 0.5) is 5.82 Å². The third-order valence-corrected chi connectivity index (χ3v) is 3.79. The smallest absolute Gasteiger partial charge is 0.192 e. The van der Waals surface area contributed by atoms with Crippen LogP contribution in [-0.4, -0.2) is 45.7 Å². The number of hydrogen-bond donors (Lipinski definition) is 4. The molecule has 10 heteroatoms. The Morgan fingerprint density at radius 2 is 2.38 bits per heavy atom. The molecule has 0 saturated carbocycles. The molecule has 1 aliphatic heterocycles. The Bertz CT molecular complexity index is 448. The minimum absolute atomic E-state index is 0.0531. The molecule has 0 aromatic carbocycles. The van der Waals surface area contributed by atoms with Crippen molar-refractivity contribution < 1.29 is 19.3 Å². The molecule has 2 atom stereocenters. The molecule has 1 aliphatic rings. The van der Waals surface area contributed by atoms with Gasteiger partial charge in [0, 0.05) is 23.9 Å².